The van der Waals surface area contributed by atoms with Crippen LogP contribution < -0.4 is 27.0 Å². The molecule has 5 atom stereocenters. The highest BCUT2D eigenvalue weighted by Gasteiger charge is 2.32. The third kappa shape index (κ3) is 16.4. The molecule has 0 aromatic heterocycles. The zero-order valence-corrected chi connectivity index (χ0v) is 26.9. The van der Waals surface area contributed by atoms with Gasteiger partial charge >= 0.3 is 5.97 Å². The smallest absolute Gasteiger partial charge is 0.326 e. The molecule has 7 N–H and O–H groups in total. The molecule has 0 radical (unpaired) electrons. The highest BCUT2D eigenvalue weighted by atomic mass is 16.4. The van der Waals surface area contributed by atoms with Crippen molar-refractivity contribution in [3.05, 3.63) is 0 Å². The van der Waals surface area contributed by atoms with Crippen molar-refractivity contribution in [1.82, 2.24) is 21.3 Å². The molecule has 0 aromatic rings. The SMILES string of the molecule is CC(C)C[C@H](NC(=O)[C@H](CC(C)C)NC(=O)[C@H](CC(C)C)NC(=O)[C@H](CC(C)C)NC(=O)[C@@H](N)CC(C)C)C(=O)O. The topological polar surface area (TPSA) is 180 Å². The van der Waals surface area contributed by atoms with E-state index in [1.807, 2.05) is 69.2 Å². The first kappa shape index (κ1) is 38.3. The quantitative estimate of drug-likeness (QED) is 0.135. The van der Waals surface area contributed by atoms with E-state index in [9.17, 15) is 29.1 Å². The van der Waals surface area contributed by atoms with Crippen molar-refractivity contribution >= 4 is 29.6 Å². The van der Waals surface area contributed by atoms with Gasteiger partial charge in [0.05, 0.1) is 6.04 Å². The van der Waals surface area contributed by atoms with Crippen molar-refractivity contribution in [3.8, 4) is 0 Å². The number of carboxylic acids is 1. The standard InChI is InChI=1S/C30H57N5O6/c1-16(2)11-21(31)26(36)32-22(12-17(3)4)27(37)33-23(13-18(5)6)28(38)34-24(14-19(7)8)29(39)35-25(30(40)41)15-20(9)10/h16-25H,11-15,31H2,1-10H3,(H,32,36)(H,33,37)(H,34,38)(H,35,39)(H,40,41)/t21-,22-,23-,24-,25-/m0/s1. The second-order valence-electron chi connectivity index (χ2n) is 13.3. The summed E-state index contributed by atoms with van der Waals surface area (Å²) >= 11 is 0. The van der Waals surface area contributed by atoms with Crippen molar-refractivity contribution in [3.63, 3.8) is 0 Å². The molecule has 0 aliphatic carbocycles. The number of hydrogen-bond donors (Lipinski definition) is 6. The minimum atomic E-state index is -1.14. The third-order valence-corrected chi connectivity index (χ3v) is 6.40. The summed E-state index contributed by atoms with van der Waals surface area (Å²) in [7, 11) is 0. The molecule has 0 aliphatic rings. The monoisotopic (exact) mass is 583 g/mol. The fraction of sp³-hybridized carbons (Fsp3) is 0.833. The molecule has 0 aliphatic heterocycles. The molecule has 4 amide bonds. The van der Waals surface area contributed by atoms with E-state index in [4.69, 9.17) is 5.73 Å². The predicted molar refractivity (Wildman–Crippen MR) is 161 cm³/mol. The van der Waals surface area contributed by atoms with Crippen LogP contribution in [0.25, 0.3) is 0 Å². The Morgan fingerprint density at radius 1 is 0.463 bits per heavy atom. The van der Waals surface area contributed by atoms with Gasteiger partial charge in [-0.15, -0.1) is 0 Å². The fourth-order valence-corrected chi connectivity index (χ4v) is 4.51. The Morgan fingerprint density at radius 2 is 0.707 bits per heavy atom. The highest BCUT2D eigenvalue weighted by molar-refractivity contribution is 5.95. The summed E-state index contributed by atoms with van der Waals surface area (Å²) in [6.07, 6.45) is 1.66. The number of carbonyl (C=O) groups is 5. The van der Waals surface area contributed by atoms with Crippen LogP contribution in [0.5, 0.6) is 0 Å². The average Bonchev–Trinajstić information content (AvgIpc) is 2.80. The first-order valence-electron chi connectivity index (χ1n) is 15.0. The number of carbonyl (C=O) groups excluding carboxylic acids is 4. The minimum Gasteiger partial charge on any atom is -0.480 e. The van der Waals surface area contributed by atoms with Crippen molar-refractivity contribution < 1.29 is 29.1 Å². The zero-order valence-electron chi connectivity index (χ0n) is 26.9. The summed E-state index contributed by atoms with van der Waals surface area (Å²) in [4.78, 5) is 64.4. The molecule has 0 heterocycles. The molecule has 238 valence electrons. The molecule has 0 spiro atoms. The maximum Gasteiger partial charge on any atom is 0.326 e. The Kier molecular flexibility index (Phi) is 17.5. The lowest BCUT2D eigenvalue weighted by atomic mass is 9.98. The Balaban J connectivity index is 5.86. The predicted octanol–water partition coefficient (Wildman–Crippen LogP) is 2.57. The first-order chi connectivity index (χ1) is 18.8. The van der Waals surface area contributed by atoms with E-state index in [1.54, 1.807) is 0 Å². The lowest BCUT2D eigenvalue weighted by molar-refractivity contribution is -0.143. The van der Waals surface area contributed by atoms with Gasteiger partial charge in [0.2, 0.25) is 23.6 Å². The van der Waals surface area contributed by atoms with Gasteiger partial charge < -0.3 is 32.1 Å². The normalized spacial score (nSPS) is 15.4. The lowest BCUT2D eigenvalue weighted by Crippen LogP contribution is -2.59. The molecule has 0 saturated carbocycles. The van der Waals surface area contributed by atoms with Gasteiger partial charge in [0.1, 0.15) is 24.2 Å². The Hall–Kier alpha value is -2.69. The summed E-state index contributed by atoms with van der Waals surface area (Å²) < 4.78 is 0. The van der Waals surface area contributed by atoms with Crippen LogP contribution in [-0.4, -0.2) is 64.9 Å². The van der Waals surface area contributed by atoms with Crippen LogP contribution >= 0.6 is 0 Å². The van der Waals surface area contributed by atoms with Gasteiger partial charge in [-0.25, -0.2) is 4.79 Å². The molecule has 11 heteroatoms. The largest absolute Gasteiger partial charge is 0.480 e. The highest BCUT2D eigenvalue weighted by Crippen LogP contribution is 2.13. The number of aliphatic carboxylic acids is 1. The van der Waals surface area contributed by atoms with Crippen LogP contribution in [0.4, 0.5) is 0 Å². The molecule has 0 unspecified atom stereocenters. The van der Waals surface area contributed by atoms with Gasteiger partial charge in [-0.05, 0) is 61.7 Å². The molecular formula is C30H57N5O6. The van der Waals surface area contributed by atoms with Crippen molar-refractivity contribution in [2.24, 2.45) is 35.3 Å². The summed E-state index contributed by atoms with van der Waals surface area (Å²) in [6, 6.07) is -4.67. The van der Waals surface area contributed by atoms with Crippen LogP contribution in [0.3, 0.4) is 0 Å². The van der Waals surface area contributed by atoms with E-state index in [2.05, 4.69) is 21.3 Å². The number of nitrogens with two attached hydrogens (primary N) is 1. The first-order valence-corrected chi connectivity index (χ1v) is 15.0. The molecule has 0 fully saturated rings. The van der Waals surface area contributed by atoms with Crippen LogP contribution in [0.1, 0.15) is 101 Å². The molecule has 0 rings (SSSR count). The molecular weight excluding hydrogens is 526 g/mol. The van der Waals surface area contributed by atoms with Gasteiger partial charge in [-0.2, -0.15) is 0 Å². The van der Waals surface area contributed by atoms with Gasteiger partial charge in [0.15, 0.2) is 0 Å². The van der Waals surface area contributed by atoms with Gasteiger partial charge in [0.25, 0.3) is 0 Å². The summed E-state index contributed by atoms with van der Waals surface area (Å²) in [5.41, 5.74) is 6.03. The summed E-state index contributed by atoms with van der Waals surface area (Å²) in [6.45, 7) is 19.1. The van der Waals surface area contributed by atoms with Gasteiger partial charge in [-0.1, -0.05) is 69.2 Å². The van der Waals surface area contributed by atoms with Crippen LogP contribution in [0.2, 0.25) is 0 Å². The second-order valence-corrected chi connectivity index (χ2v) is 13.3. The van der Waals surface area contributed by atoms with Crippen molar-refractivity contribution in [1.29, 1.82) is 0 Å². The minimum absolute atomic E-state index is 0.0262. The van der Waals surface area contributed by atoms with Crippen molar-refractivity contribution in [2.75, 3.05) is 0 Å². The summed E-state index contributed by atoms with van der Waals surface area (Å²) in [5.74, 6) is -2.81. The second kappa shape index (κ2) is 18.7. The third-order valence-electron chi connectivity index (χ3n) is 6.40. The van der Waals surface area contributed by atoms with Gasteiger partial charge in [-0.3, -0.25) is 19.2 Å². The molecule has 11 nitrogen and oxygen atoms in total. The van der Waals surface area contributed by atoms with Crippen LogP contribution in [-0.2, 0) is 24.0 Å². The number of hydrogen-bond acceptors (Lipinski definition) is 6. The molecule has 0 saturated heterocycles. The van der Waals surface area contributed by atoms with E-state index in [0.29, 0.717) is 19.3 Å². The Bertz CT molecular complexity index is 858. The Morgan fingerprint density at radius 3 is 0.976 bits per heavy atom. The number of nitrogens with one attached hydrogen (secondary N) is 4. The average molecular weight is 584 g/mol. The van der Waals surface area contributed by atoms with E-state index in [1.165, 1.54) is 0 Å². The molecule has 41 heavy (non-hydrogen) atoms. The van der Waals surface area contributed by atoms with E-state index in [0.717, 1.165) is 0 Å². The number of amides is 4. The molecule has 0 bridgehead atoms. The van der Waals surface area contributed by atoms with Crippen LogP contribution in [0.15, 0.2) is 0 Å². The zero-order chi connectivity index (χ0) is 32.0. The van der Waals surface area contributed by atoms with Crippen LogP contribution in [0, 0.1) is 29.6 Å². The fourth-order valence-electron chi connectivity index (χ4n) is 4.51. The maximum absolute atomic E-state index is 13.5. The maximum atomic E-state index is 13.5. The van der Waals surface area contributed by atoms with Gasteiger partial charge in [0, 0.05) is 0 Å². The Labute approximate surface area is 246 Å². The van der Waals surface area contributed by atoms with E-state index < -0.39 is 59.8 Å². The summed E-state index contributed by atoms with van der Waals surface area (Å²) in [5, 5.41) is 20.4. The molecule has 0 aromatic carbocycles. The lowest BCUT2D eigenvalue weighted by Gasteiger charge is -2.28. The van der Waals surface area contributed by atoms with Crippen molar-refractivity contribution in [2.45, 2.75) is 132 Å². The van der Waals surface area contributed by atoms with E-state index >= 15 is 0 Å². The number of rotatable bonds is 19. The number of carboxylic acid groups (broad SMARTS) is 1. The van der Waals surface area contributed by atoms with E-state index in [-0.39, 0.29) is 42.4 Å².